The van der Waals surface area contributed by atoms with Crippen molar-refractivity contribution in [3.05, 3.63) is 17.8 Å². The number of carboxylic acids is 1. The lowest BCUT2D eigenvalue weighted by Crippen LogP contribution is -2.10. The van der Waals surface area contributed by atoms with Crippen molar-refractivity contribution >= 4 is 11.9 Å². The molecule has 6 heteroatoms. The molecule has 3 N–H and O–H groups in total. The number of amides is 1. The monoisotopic (exact) mass is 156 g/mol. The SMILES string of the molecule is NC(=O)c1ncc(C(=O)O)o1. The number of aromatic carboxylic acids is 1. The van der Waals surface area contributed by atoms with Gasteiger partial charge in [0, 0.05) is 0 Å². The minimum absolute atomic E-state index is 0.401. The summed E-state index contributed by atoms with van der Waals surface area (Å²) in [5.41, 5.74) is 4.74. The van der Waals surface area contributed by atoms with Crippen molar-refractivity contribution in [3.63, 3.8) is 0 Å². The van der Waals surface area contributed by atoms with Gasteiger partial charge in [0.1, 0.15) is 0 Å². The number of carbonyl (C=O) groups is 2. The maximum atomic E-state index is 10.3. The summed E-state index contributed by atoms with van der Waals surface area (Å²) >= 11 is 0. The van der Waals surface area contributed by atoms with E-state index in [0.717, 1.165) is 6.20 Å². The number of hydrogen-bond donors (Lipinski definition) is 2. The highest BCUT2D eigenvalue weighted by Gasteiger charge is 2.13. The lowest BCUT2D eigenvalue weighted by molar-refractivity contribution is 0.0660. The molecule has 0 saturated heterocycles. The van der Waals surface area contributed by atoms with Crippen LogP contribution < -0.4 is 5.73 Å². The van der Waals surface area contributed by atoms with Crippen LogP contribution in [-0.4, -0.2) is 22.0 Å². The van der Waals surface area contributed by atoms with Crippen LogP contribution in [-0.2, 0) is 0 Å². The van der Waals surface area contributed by atoms with Crippen molar-refractivity contribution in [3.8, 4) is 0 Å². The van der Waals surface area contributed by atoms with E-state index in [1.165, 1.54) is 0 Å². The van der Waals surface area contributed by atoms with Crippen LogP contribution in [0.4, 0.5) is 0 Å². The Balaban J connectivity index is 2.99. The van der Waals surface area contributed by atoms with E-state index in [0.29, 0.717) is 0 Å². The number of carbonyl (C=O) groups excluding carboxylic acids is 1. The molecule has 0 aliphatic heterocycles. The number of oxazole rings is 1. The summed E-state index contributed by atoms with van der Waals surface area (Å²) in [4.78, 5) is 23.8. The Morgan fingerprint density at radius 1 is 1.64 bits per heavy atom. The van der Waals surface area contributed by atoms with Crippen LogP contribution in [0.3, 0.4) is 0 Å². The Labute approximate surface area is 60.6 Å². The zero-order valence-corrected chi connectivity index (χ0v) is 5.27. The fourth-order valence-electron chi connectivity index (χ4n) is 0.487. The number of carboxylic acid groups (broad SMARTS) is 1. The van der Waals surface area contributed by atoms with Crippen LogP contribution in [0.2, 0.25) is 0 Å². The number of aromatic nitrogens is 1. The van der Waals surface area contributed by atoms with E-state index in [1.807, 2.05) is 0 Å². The molecule has 0 aliphatic carbocycles. The minimum atomic E-state index is -1.29. The van der Waals surface area contributed by atoms with E-state index >= 15 is 0 Å². The summed E-state index contributed by atoms with van der Waals surface area (Å²) in [7, 11) is 0. The third kappa shape index (κ3) is 1.34. The molecule has 1 heterocycles. The number of nitrogens with two attached hydrogens (primary N) is 1. The molecular weight excluding hydrogens is 152 g/mol. The Kier molecular flexibility index (Phi) is 1.59. The second kappa shape index (κ2) is 2.41. The van der Waals surface area contributed by atoms with E-state index in [9.17, 15) is 9.59 Å². The maximum absolute atomic E-state index is 10.3. The molecule has 0 radical (unpaired) electrons. The minimum Gasteiger partial charge on any atom is -0.475 e. The predicted octanol–water partition coefficient (Wildman–Crippen LogP) is -0.528. The fourth-order valence-corrected chi connectivity index (χ4v) is 0.487. The van der Waals surface area contributed by atoms with Gasteiger partial charge in [0.15, 0.2) is 0 Å². The van der Waals surface area contributed by atoms with Crippen molar-refractivity contribution in [1.29, 1.82) is 0 Å². The molecule has 1 amide bonds. The van der Waals surface area contributed by atoms with Crippen molar-refractivity contribution in [2.75, 3.05) is 0 Å². The molecule has 1 aromatic rings. The van der Waals surface area contributed by atoms with Gasteiger partial charge in [-0.15, -0.1) is 0 Å². The van der Waals surface area contributed by atoms with Crippen molar-refractivity contribution in [2.45, 2.75) is 0 Å². The normalized spacial score (nSPS) is 9.45. The summed E-state index contributed by atoms with van der Waals surface area (Å²) in [5, 5.41) is 8.29. The van der Waals surface area contributed by atoms with Crippen molar-refractivity contribution in [1.82, 2.24) is 4.98 Å². The lowest BCUT2D eigenvalue weighted by atomic mass is 10.5. The first-order valence-corrected chi connectivity index (χ1v) is 2.60. The van der Waals surface area contributed by atoms with Crippen LogP contribution in [0, 0.1) is 0 Å². The molecule has 0 atom stereocenters. The van der Waals surface area contributed by atoms with Crippen molar-refractivity contribution < 1.29 is 19.1 Å². The van der Waals surface area contributed by atoms with E-state index in [-0.39, 0.29) is 0 Å². The average Bonchev–Trinajstić information content (AvgIpc) is 2.33. The number of hydrogen-bond acceptors (Lipinski definition) is 4. The first kappa shape index (κ1) is 7.26. The van der Waals surface area contributed by atoms with Gasteiger partial charge in [0.25, 0.3) is 5.89 Å². The Hall–Kier alpha value is -1.85. The zero-order chi connectivity index (χ0) is 8.43. The largest absolute Gasteiger partial charge is 0.475 e. The number of primary amides is 1. The van der Waals surface area contributed by atoms with Crippen LogP contribution in [0.15, 0.2) is 10.6 Å². The van der Waals surface area contributed by atoms with Crippen LogP contribution in [0.1, 0.15) is 21.2 Å². The zero-order valence-electron chi connectivity index (χ0n) is 5.27. The molecule has 1 aromatic heterocycles. The molecule has 11 heavy (non-hydrogen) atoms. The smallest absolute Gasteiger partial charge is 0.373 e. The van der Waals surface area contributed by atoms with Gasteiger partial charge in [-0.3, -0.25) is 4.79 Å². The van der Waals surface area contributed by atoms with Gasteiger partial charge >= 0.3 is 11.9 Å². The topological polar surface area (TPSA) is 106 Å². The first-order valence-electron chi connectivity index (χ1n) is 2.60. The molecule has 0 fully saturated rings. The molecule has 58 valence electrons. The van der Waals surface area contributed by atoms with Gasteiger partial charge in [-0.05, 0) is 0 Å². The van der Waals surface area contributed by atoms with Crippen LogP contribution >= 0.6 is 0 Å². The lowest BCUT2D eigenvalue weighted by Gasteiger charge is -1.83. The van der Waals surface area contributed by atoms with E-state index in [1.54, 1.807) is 0 Å². The first-order chi connectivity index (χ1) is 5.11. The predicted molar refractivity (Wildman–Crippen MR) is 32.0 cm³/mol. The third-order valence-electron chi connectivity index (χ3n) is 0.927. The van der Waals surface area contributed by atoms with Gasteiger partial charge in [-0.2, -0.15) is 0 Å². The van der Waals surface area contributed by atoms with Gasteiger partial charge in [-0.25, -0.2) is 9.78 Å². The number of rotatable bonds is 2. The second-order valence-corrected chi connectivity index (χ2v) is 1.70. The second-order valence-electron chi connectivity index (χ2n) is 1.70. The molecular formula is C5H4N2O4. The average molecular weight is 156 g/mol. The molecule has 0 aromatic carbocycles. The summed E-state index contributed by atoms with van der Waals surface area (Å²) in [5.74, 6) is -2.98. The highest BCUT2D eigenvalue weighted by molar-refractivity contribution is 5.90. The van der Waals surface area contributed by atoms with Crippen molar-refractivity contribution in [2.24, 2.45) is 5.73 Å². The molecule has 1 rings (SSSR count). The summed E-state index contributed by atoms with van der Waals surface area (Å²) in [6.07, 6.45) is 0.919. The third-order valence-corrected chi connectivity index (χ3v) is 0.927. The molecule has 0 saturated carbocycles. The van der Waals surface area contributed by atoms with Crippen LogP contribution in [0.25, 0.3) is 0 Å². The highest BCUT2D eigenvalue weighted by atomic mass is 16.4. The highest BCUT2D eigenvalue weighted by Crippen LogP contribution is 2.01. The molecule has 0 bridgehead atoms. The Bertz CT molecular complexity index is 275. The van der Waals surface area contributed by atoms with Gasteiger partial charge in [-0.1, -0.05) is 0 Å². The van der Waals surface area contributed by atoms with Gasteiger partial charge in [0.05, 0.1) is 6.20 Å². The molecule has 0 spiro atoms. The summed E-state index contributed by atoms with van der Waals surface area (Å²) < 4.78 is 4.42. The van der Waals surface area contributed by atoms with E-state index in [4.69, 9.17) is 10.8 Å². The quantitative estimate of drug-likeness (QED) is 0.598. The molecule has 0 unspecified atom stereocenters. The van der Waals surface area contributed by atoms with E-state index in [2.05, 4.69) is 9.40 Å². The number of nitrogens with zero attached hydrogens (tertiary/aromatic N) is 1. The van der Waals surface area contributed by atoms with Gasteiger partial charge < -0.3 is 15.3 Å². The van der Waals surface area contributed by atoms with Gasteiger partial charge in [0.2, 0.25) is 5.76 Å². The maximum Gasteiger partial charge on any atom is 0.373 e. The summed E-state index contributed by atoms with van der Waals surface area (Å²) in [6.45, 7) is 0. The fraction of sp³-hybridized carbons (Fsp3) is 0. The standard InChI is InChI=1S/C5H4N2O4/c6-3(8)4-7-1-2(11-4)5(9)10/h1H,(H2,6,8)(H,9,10). The molecule has 6 nitrogen and oxygen atoms in total. The summed E-state index contributed by atoms with van der Waals surface area (Å²) in [6, 6.07) is 0. The Morgan fingerprint density at radius 3 is 2.55 bits per heavy atom. The van der Waals surface area contributed by atoms with Crippen LogP contribution in [0.5, 0.6) is 0 Å². The van der Waals surface area contributed by atoms with E-state index < -0.39 is 23.5 Å². The molecule has 0 aliphatic rings. The Morgan fingerprint density at radius 2 is 2.27 bits per heavy atom.